The van der Waals surface area contributed by atoms with Gasteiger partial charge >= 0.3 is 0 Å². The Bertz CT molecular complexity index is 1110. The summed E-state index contributed by atoms with van der Waals surface area (Å²) in [6, 6.07) is 10.2. The molecule has 0 radical (unpaired) electrons. The zero-order valence-corrected chi connectivity index (χ0v) is 16.2. The molecule has 0 fully saturated rings. The predicted molar refractivity (Wildman–Crippen MR) is 104 cm³/mol. The molecule has 0 saturated heterocycles. The summed E-state index contributed by atoms with van der Waals surface area (Å²) >= 11 is 0. The molecule has 4 rings (SSSR count). The first-order valence-electron chi connectivity index (χ1n) is 9.21. The van der Waals surface area contributed by atoms with Gasteiger partial charge in [-0.25, -0.2) is 0 Å². The predicted octanol–water partition coefficient (Wildman–Crippen LogP) is 3.50. The fourth-order valence-electron chi connectivity index (χ4n) is 3.01. The van der Waals surface area contributed by atoms with Gasteiger partial charge in [-0.3, -0.25) is 14.9 Å². The molecule has 2 heterocycles. The van der Waals surface area contributed by atoms with Crippen LogP contribution in [0.5, 0.6) is 11.5 Å². The van der Waals surface area contributed by atoms with Crippen LogP contribution in [0.15, 0.2) is 47.0 Å². The highest BCUT2D eigenvalue weighted by Crippen LogP contribution is 2.35. The molecule has 0 aliphatic carbocycles. The van der Waals surface area contributed by atoms with Crippen molar-refractivity contribution in [2.24, 2.45) is 5.92 Å². The summed E-state index contributed by atoms with van der Waals surface area (Å²) in [5.74, 6) is 1.28. The maximum absolute atomic E-state index is 12.7. The minimum absolute atomic E-state index is 0.0716. The Kier molecular flexibility index (Phi) is 5.05. The van der Waals surface area contributed by atoms with Gasteiger partial charge in [0.05, 0.1) is 4.92 Å². The number of nitrogens with zero attached hydrogens (tertiary/aromatic N) is 3. The molecule has 1 N–H and O–H groups in total. The van der Waals surface area contributed by atoms with E-state index in [0.29, 0.717) is 22.9 Å². The average Bonchev–Trinajstić information content (AvgIpc) is 3.40. The van der Waals surface area contributed by atoms with Gasteiger partial charge in [0.15, 0.2) is 11.5 Å². The molecular weight excluding hydrogens is 392 g/mol. The number of rotatable bonds is 6. The third-order valence-electron chi connectivity index (χ3n) is 4.61. The lowest BCUT2D eigenvalue weighted by atomic mass is 10.0. The van der Waals surface area contributed by atoms with Crippen LogP contribution in [0.2, 0.25) is 0 Å². The van der Waals surface area contributed by atoms with Gasteiger partial charge in [0, 0.05) is 23.3 Å². The van der Waals surface area contributed by atoms with Gasteiger partial charge < -0.3 is 19.3 Å². The third-order valence-corrected chi connectivity index (χ3v) is 4.61. The van der Waals surface area contributed by atoms with Crippen molar-refractivity contribution in [3.63, 3.8) is 0 Å². The number of nitro groups is 1. The van der Waals surface area contributed by atoms with E-state index in [2.05, 4.69) is 15.5 Å². The van der Waals surface area contributed by atoms with E-state index in [1.165, 1.54) is 24.3 Å². The van der Waals surface area contributed by atoms with E-state index < -0.39 is 16.9 Å². The van der Waals surface area contributed by atoms with E-state index in [4.69, 9.17) is 14.0 Å². The molecule has 10 heteroatoms. The standard InChI is InChI=1S/C20H18N4O6/c1-11(2)17(21-19(25)13-4-3-5-14(8-13)24(26)27)20-22-18(23-30-20)12-6-7-15-16(9-12)29-10-28-15/h3-9,11,17H,10H2,1-2H3,(H,21,25)/t17-/m1/s1. The van der Waals surface area contributed by atoms with E-state index in [9.17, 15) is 14.9 Å². The number of fused-ring (bicyclic) bond motifs is 1. The Labute approximate surface area is 171 Å². The summed E-state index contributed by atoms with van der Waals surface area (Å²) in [6.45, 7) is 3.95. The van der Waals surface area contributed by atoms with Gasteiger partial charge in [0.2, 0.25) is 18.5 Å². The monoisotopic (exact) mass is 410 g/mol. The fraction of sp³-hybridized carbons (Fsp3) is 0.250. The zero-order chi connectivity index (χ0) is 21.3. The molecule has 0 spiro atoms. The lowest BCUT2D eigenvalue weighted by molar-refractivity contribution is -0.384. The maximum atomic E-state index is 12.7. The van der Waals surface area contributed by atoms with Crippen molar-refractivity contribution in [1.82, 2.24) is 15.5 Å². The van der Waals surface area contributed by atoms with Crippen LogP contribution in [-0.2, 0) is 0 Å². The molecule has 1 atom stereocenters. The highest BCUT2D eigenvalue weighted by atomic mass is 16.7. The Morgan fingerprint density at radius 3 is 2.73 bits per heavy atom. The molecule has 1 aliphatic heterocycles. The second-order valence-electron chi connectivity index (χ2n) is 7.03. The number of carbonyl (C=O) groups excluding carboxylic acids is 1. The van der Waals surface area contributed by atoms with Crippen LogP contribution >= 0.6 is 0 Å². The lowest BCUT2D eigenvalue weighted by Crippen LogP contribution is -2.32. The number of carbonyl (C=O) groups is 1. The Morgan fingerprint density at radius 1 is 1.17 bits per heavy atom. The first kappa shape index (κ1) is 19.4. The van der Waals surface area contributed by atoms with E-state index >= 15 is 0 Å². The molecule has 1 aliphatic rings. The van der Waals surface area contributed by atoms with Crippen LogP contribution < -0.4 is 14.8 Å². The summed E-state index contributed by atoms with van der Waals surface area (Å²) in [7, 11) is 0. The number of hydrogen-bond donors (Lipinski definition) is 1. The van der Waals surface area contributed by atoms with E-state index in [1.54, 1.807) is 18.2 Å². The minimum Gasteiger partial charge on any atom is -0.454 e. The minimum atomic E-state index is -0.577. The van der Waals surface area contributed by atoms with E-state index in [0.717, 1.165) is 0 Å². The van der Waals surface area contributed by atoms with Crippen molar-refractivity contribution in [3.05, 3.63) is 64.0 Å². The first-order chi connectivity index (χ1) is 14.4. The Morgan fingerprint density at radius 2 is 1.97 bits per heavy atom. The topological polar surface area (TPSA) is 130 Å². The van der Waals surface area contributed by atoms with Crippen molar-refractivity contribution in [1.29, 1.82) is 0 Å². The number of benzene rings is 2. The van der Waals surface area contributed by atoms with E-state index in [-0.39, 0.29) is 29.9 Å². The highest BCUT2D eigenvalue weighted by Gasteiger charge is 2.26. The van der Waals surface area contributed by atoms with Crippen molar-refractivity contribution in [2.75, 3.05) is 6.79 Å². The Balaban J connectivity index is 1.56. The Hall–Kier alpha value is -3.95. The van der Waals surface area contributed by atoms with Crippen molar-refractivity contribution < 1.29 is 23.7 Å². The van der Waals surface area contributed by atoms with Crippen LogP contribution in [0.25, 0.3) is 11.4 Å². The molecule has 1 aromatic heterocycles. The van der Waals surface area contributed by atoms with Crippen molar-refractivity contribution in [2.45, 2.75) is 19.9 Å². The number of nitrogens with one attached hydrogen (secondary N) is 1. The molecule has 0 bridgehead atoms. The van der Waals surface area contributed by atoms with Crippen molar-refractivity contribution >= 4 is 11.6 Å². The van der Waals surface area contributed by atoms with Gasteiger partial charge in [0.1, 0.15) is 6.04 Å². The molecule has 30 heavy (non-hydrogen) atoms. The number of hydrogen-bond acceptors (Lipinski definition) is 8. The summed E-state index contributed by atoms with van der Waals surface area (Å²) in [4.78, 5) is 27.5. The highest BCUT2D eigenvalue weighted by molar-refractivity contribution is 5.95. The van der Waals surface area contributed by atoms with Gasteiger partial charge in [0.25, 0.3) is 11.6 Å². The largest absolute Gasteiger partial charge is 0.454 e. The maximum Gasteiger partial charge on any atom is 0.270 e. The SMILES string of the molecule is CC(C)[C@@H](NC(=O)c1cccc([N+](=O)[O-])c1)c1nc(-c2ccc3c(c2)OCO3)no1. The zero-order valence-electron chi connectivity index (χ0n) is 16.2. The molecule has 154 valence electrons. The van der Waals surface area contributed by atoms with Gasteiger partial charge in [-0.1, -0.05) is 25.1 Å². The van der Waals surface area contributed by atoms with Crippen LogP contribution in [-0.4, -0.2) is 27.8 Å². The normalized spacial score (nSPS) is 13.3. The quantitative estimate of drug-likeness (QED) is 0.483. The molecule has 1 amide bonds. The number of amides is 1. The summed E-state index contributed by atoms with van der Waals surface area (Å²) in [5, 5.41) is 17.8. The third kappa shape index (κ3) is 3.79. The first-order valence-corrected chi connectivity index (χ1v) is 9.21. The van der Waals surface area contributed by atoms with Crippen molar-refractivity contribution in [3.8, 4) is 22.9 Å². The second kappa shape index (κ2) is 7.82. The molecule has 2 aromatic carbocycles. The molecule has 0 unspecified atom stereocenters. The van der Waals surface area contributed by atoms with Crippen LogP contribution in [0, 0.1) is 16.0 Å². The second-order valence-corrected chi connectivity index (χ2v) is 7.03. The number of ether oxygens (including phenoxy) is 2. The summed E-state index contributed by atoms with van der Waals surface area (Å²) in [6.07, 6.45) is 0. The number of non-ortho nitro benzene ring substituents is 1. The summed E-state index contributed by atoms with van der Waals surface area (Å²) < 4.78 is 16.1. The van der Waals surface area contributed by atoms with Gasteiger partial charge in [-0.15, -0.1) is 0 Å². The number of aromatic nitrogens is 2. The molecule has 0 saturated carbocycles. The van der Waals surface area contributed by atoms with E-state index in [1.807, 2.05) is 13.8 Å². The van der Waals surface area contributed by atoms with Crippen LogP contribution in [0.4, 0.5) is 5.69 Å². The van der Waals surface area contributed by atoms with Crippen LogP contribution in [0.3, 0.4) is 0 Å². The van der Waals surface area contributed by atoms with Gasteiger partial charge in [-0.2, -0.15) is 4.98 Å². The van der Waals surface area contributed by atoms with Crippen LogP contribution in [0.1, 0.15) is 36.1 Å². The molecule has 10 nitrogen and oxygen atoms in total. The molecule has 3 aromatic rings. The smallest absolute Gasteiger partial charge is 0.270 e. The number of nitro benzene ring substituents is 1. The average molecular weight is 410 g/mol. The molecular formula is C20H18N4O6. The van der Waals surface area contributed by atoms with Gasteiger partial charge in [-0.05, 0) is 30.2 Å². The lowest BCUT2D eigenvalue weighted by Gasteiger charge is -2.18. The fourth-order valence-corrected chi connectivity index (χ4v) is 3.01. The summed E-state index contributed by atoms with van der Waals surface area (Å²) in [5.41, 5.74) is 0.693.